The Kier molecular flexibility index (Phi) is 4.75. The molecule has 0 saturated carbocycles. The number of piperidine rings is 1. The summed E-state index contributed by atoms with van der Waals surface area (Å²) in [6.07, 6.45) is 2.34. The summed E-state index contributed by atoms with van der Waals surface area (Å²) in [5.74, 6) is 5.90. The smallest absolute Gasteiger partial charge is 0.243 e. The first-order valence-electron chi connectivity index (χ1n) is 7.97. The SMILES string of the molecule is O=C1CCC(N2Cc3cccc(C#CCCCO)c3C2)C(=O)N1. The zero-order chi connectivity index (χ0) is 16.2. The summed E-state index contributed by atoms with van der Waals surface area (Å²) in [6.45, 7) is 1.56. The largest absolute Gasteiger partial charge is 0.396 e. The fraction of sp³-hybridized carbons (Fsp3) is 0.444. The van der Waals surface area contributed by atoms with Gasteiger partial charge in [-0.1, -0.05) is 24.0 Å². The molecule has 1 fully saturated rings. The first kappa shape index (κ1) is 15.7. The van der Waals surface area contributed by atoms with E-state index in [1.165, 1.54) is 11.1 Å². The molecule has 3 rings (SSSR count). The van der Waals surface area contributed by atoms with Crippen molar-refractivity contribution < 1.29 is 14.7 Å². The van der Waals surface area contributed by atoms with Crippen LogP contribution in [0, 0.1) is 11.8 Å². The van der Waals surface area contributed by atoms with Crippen LogP contribution >= 0.6 is 0 Å². The Morgan fingerprint density at radius 3 is 2.96 bits per heavy atom. The molecule has 2 N–H and O–H groups in total. The van der Waals surface area contributed by atoms with Crippen LogP contribution in [0.15, 0.2) is 18.2 Å². The standard InChI is InChI=1S/C18H20N2O3/c21-10-3-1-2-5-13-6-4-7-14-11-20(12-15(13)14)16-8-9-17(22)19-18(16)23/h4,6-7,16,21H,1,3,8-12H2,(H,19,22,23). The molecule has 0 aromatic heterocycles. The molecule has 2 aliphatic rings. The van der Waals surface area contributed by atoms with E-state index in [0.717, 1.165) is 5.56 Å². The van der Waals surface area contributed by atoms with Crippen molar-refractivity contribution in [2.24, 2.45) is 0 Å². The van der Waals surface area contributed by atoms with Gasteiger partial charge in [-0.05, 0) is 30.0 Å². The van der Waals surface area contributed by atoms with Crippen molar-refractivity contribution in [3.8, 4) is 11.8 Å². The molecule has 23 heavy (non-hydrogen) atoms. The van der Waals surface area contributed by atoms with Gasteiger partial charge >= 0.3 is 0 Å². The quantitative estimate of drug-likeness (QED) is 0.495. The van der Waals surface area contributed by atoms with E-state index in [1.54, 1.807) is 0 Å². The minimum atomic E-state index is -0.240. The molecular weight excluding hydrogens is 292 g/mol. The second-order valence-corrected chi connectivity index (χ2v) is 5.94. The van der Waals surface area contributed by atoms with Gasteiger partial charge in [0.1, 0.15) is 0 Å². The zero-order valence-corrected chi connectivity index (χ0v) is 13.0. The van der Waals surface area contributed by atoms with Crippen LogP contribution in [-0.4, -0.2) is 34.5 Å². The van der Waals surface area contributed by atoms with Crippen LogP contribution in [0.1, 0.15) is 42.4 Å². The lowest BCUT2D eigenvalue weighted by Gasteiger charge is -2.29. The zero-order valence-electron chi connectivity index (χ0n) is 13.0. The molecule has 1 aromatic carbocycles. The number of amides is 2. The topological polar surface area (TPSA) is 69.6 Å². The van der Waals surface area contributed by atoms with Gasteiger partial charge in [-0.3, -0.25) is 19.8 Å². The summed E-state index contributed by atoms with van der Waals surface area (Å²) in [7, 11) is 0. The van der Waals surface area contributed by atoms with Crippen molar-refractivity contribution in [1.29, 1.82) is 0 Å². The van der Waals surface area contributed by atoms with E-state index in [1.807, 2.05) is 12.1 Å². The summed E-state index contributed by atoms with van der Waals surface area (Å²) in [5.41, 5.74) is 3.37. The monoisotopic (exact) mass is 312 g/mol. The van der Waals surface area contributed by atoms with Crippen LogP contribution < -0.4 is 5.32 Å². The number of nitrogens with zero attached hydrogens (tertiary/aromatic N) is 1. The molecule has 0 spiro atoms. The summed E-state index contributed by atoms with van der Waals surface area (Å²) in [4.78, 5) is 25.5. The number of unbranched alkanes of at least 4 members (excludes halogenated alkanes) is 1. The Hall–Kier alpha value is -2.16. The van der Waals surface area contributed by atoms with E-state index in [-0.39, 0.29) is 24.5 Å². The van der Waals surface area contributed by atoms with Gasteiger partial charge in [0.2, 0.25) is 11.8 Å². The molecule has 1 saturated heterocycles. The number of fused-ring (bicyclic) bond motifs is 1. The van der Waals surface area contributed by atoms with Crippen LogP contribution in [0.2, 0.25) is 0 Å². The molecule has 1 atom stereocenters. The third kappa shape index (κ3) is 3.44. The number of aliphatic hydroxyl groups excluding tert-OH is 1. The normalized spacial score (nSPS) is 20.7. The third-order valence-corrected chi connectivity index (χ3v) is 4.34. The predicted molar refractivity (Wildman–Crippen MR) is 85.1 cm³/mol. The van der Waals surface area contributed by atoms with Gasteiger partial charge < -0.3 is 5.11 Å². The highest BCUT2D eigenvalue weighted by Gasteiger charge is 2.35. The Bertz CT molecular complexity index is 687. The van der Waals surface area contributed by atoms with Gasteiger partial charge in [0.05, 0.1) is 6.04 Å². The summed E-state index contributed by atoms with van der Waals surface area (Å²) in [5, 5.41) is 11.2. The number of benzene rings is 1. The number of nitrogens with one attached hydrogen (secondary N) is 1. The van der Waals surface area contributed by atoms with Crippen molar-refractivity contribution >= 4 is 11.8 Å². The molecular formula is C18H20N2O3. The second kappa shape index (κ2) is 6.95. The van der Waals surface area contributed by atoms with Crippen molar-refractivity contribution in [1.82, 2.24) is 10.2 Å². The lowest BCUT2D eigenvalue weighted by Crippen LogP contribution is -2.50. The van der Waals surface area contributed by atoms with Crippen molar-refractivity contribution in [3.63, 3.8) is 0 Å². The average Bonchev–Trinajstić information content (AvgIpc) is 2.96. The Balaban J connectivity index is 1.74. The predicted octanol–water partition coefficient (Wildman–Crippen LogP) is 0.931. The minimum Gasteiger partial charge on any atom is -0.396 e. The number of hydrogen-bond donors (Lipinski definition) is 2. The molecule has 120 valence electrons. The Labute approximate surface area is 135 Å². The Morgan fingerprint density at radius 1 is 1.30 bits per heavy atom. The lowest BCUT2D eigenvalue weighted by atomic mass is 10.0. The van der Waals surface area contributed by atoms with Crippen LogP contribution in [-0.2, 0) is 22.7 Å². The number of hydrogen-bond acceptors (Lipinski definition) is 4. The number of carbonyl (C=O) groups is 2. The molecule has 2 heterocycles. The van der Waals surface area contributed by atoms with Crippen LogP contribution in [0.25, 0.3) is 0 Å². The fourth-order valence-electron chi connectivity index (χ4n) is 3.14. The molecule has 1 unspecified atom stereocenters. The second-order valence-electron chi connectivity index (χ2n) is 5.94. The molecule has 2 amide bonds. The number of imide groups is 1. The number of aliphatic hydroxyl groups is 1. The maximum absolute atomic E-state index is 12.0. The molecule has 1 aromatic rings. The van der Waals surface area contributed by atoms with E-state index in [4.69, 9.17) is 5.11 Å². The maximum Gasteiger partial charge on any atom is 0.243 e. The molecule has 2 aliphatic heterocycles. The highest BCUT2D eigenvalue weighted by atomic mass is 16.3. The molecule has 5 heteroatoms. The van der Waals surface area contributed by atoms with E-state index >= 15 is 0 Å². The van der Waals surface area contributed by atoms with Crippen LogP contribution in [0.4, 0.5) is 0 Å². The van der Waals surface area contributed by atoms with Gasteiger partial charge in [-0.25, -0.2) is 0 Å². The van der Waals surface area contributed by atoms with E-state index in [0.29, 0.717) is 38.8 Å². The molecule has 5 nitrogen and oxygen atoms in total. The van der Waals surface area contributed by atoms with Gasteiger partial charge in [0, 0.05) is 38.1 Å². The molecule has 0 radical (unpaired) electrons. The van der Waals surface area contributed by atoms with E-state index in [2.05, 4.69) is 28.1 Å². The third-order valence-electron chi connectivity index (χ3n) is 4.34. The van der Waals surface area contributed by atoms with Crippen molar-refractivity contribution in [3.05, 3.63) is 34.9 Å². The van der Waals surface area contributed by atoms with Gasteiger partial charge in [0.25, 0.3) is 0 Å². The maximum atomic E-state index is 12.0. The number of rotatable bonds is 3. The average molecular weight is 312 g/mol. The first-order chi connectivity index (χ1) is 11.2. The highest BCUT2D eigenvalue weighted by Crippen LogP contribution is 2.29. The fourth-order valence-corrected chi connectivity index (χ4v) is 3.14. The first-order valence-corrected chi connectivity index (χ1v) is 7.97. The Morgan fingerprint density at radius 2 is 2.17 bits per heavy atom. The van der Waals surface area contributed by atoms with Crippen LogP contribution in [0.5, 0.6) is 0 Å². The molecule has 0 aliphatic carbocycles. The van der Waals surface area contributed by atoms with E-state index in [9.17, 15) is 9.59 Å². The molecule has 0 bridgehead atoms. The summed E-state index contributed by atoms with van der Waals surface area (Å²) in [6, 6.07) is 5.82. The highest BCUT2D eigenvalue weighted by molar-refractivity contribution is 6.00. The van der Waals surface area contributed by atoms with Gasteiger partial charge in [-0.15, -0.1) is 0 Å². The number of carbonyl (C=O) groups excluding carboxylic acids is 2. The summed E-state index contributed by atoms with van der Waals surface area (Å²) >= 11 is 0. The van der Waals surface area contributed by atoms with E-state index < -0.39 is 0 Å². The van der Waals surface area contributed by atoms with Crippen molar-refractivity contribution in [2.45, 2.75) is 44.8 Å². The summed E-state index contributed by atoms with van der Waals surface area (Å²) < 4.78 is 0. The minimum absolute atomic E-state index is 0.158. The van der Waals surface area contributed by atoms with Crippen LogP contribution in [0.3, 0.4) is 0 Å². The van der Waals surface area contributed by atoms with Crippen molar-refractivity contribution in [2.75, 3.05) is 6.61 Å². The van der Waals surface area contributed by atoms with Gasteiger partial charge in [-0.2, -0.15) is 0 Å². The lowest BCUT2D eigenvalue weighted by molar-refractivity contribution is -0.137. The van der Waals surface area contributed by atoms with Gasteiger partial charge in [0.15, 0.2) is 0 Å².